The summed E-state index contributed by atoms with van der Waals surface area (Å²) in [5.74, 6) is 0.875. The third-order valence-electron chi connectivity index (χ3n) is 3.12. The van der Waals surface area contributed by atoms with E-state index in [4.69, 9.17) is 0 Å². The molecule has 1 amide bonds. The fraction of sp³-hybridized carbons (Fsp3) is 0.500. The van der Waals surface area contributed by atoms with Crippen LogP contribution < -0.4 is 4.90 Å². The first-order chi connectivity index (χ1) is 7.68. The topological polar surface area (TPSA) is 20.3 Å². The average Bonchev–Trinajstić information content (AvgIpc) is 2.69. The van der Waals surface area contributed by atoms with Gasteiger partial charge >= 0.3 is 0 Å². The van der Waals surface area contributed by atoms with E-state index in [2.05, 4.69) is 26.0 Å². The molecule has 0 unspecified atom stereocenters. The van der Waals surface area contributed by atoms with Crippen LogP contribution in [-0.4, -0.2) is 12.5 Å². The summed E-state index contributed by atoms with van der Waals surface area (Å²) in [5, 5.41) is 0. The maximum Gasteiger partial charge on any atom is 0.227 e. The van der Waals surface area contributed by atoms with Crippen molar-refractivity contribution in [2.45, 2.75) is 33.1 Å². The monoisotopic (exact) mass is 217 g/mol. The molecule has 0 aliphatic carbocycles. The summed E-state index contributed by atoms with van der Waals surface area (Å²) in [4.78, 5) is 14.0. The minimum absolute atomic E-state index is 0.277. The first-order valence-electron chi connectivity index (χ1n) is 6.06. The van der Waals surface area contributed by atoms with Crippen LogP contribution in [0, 0.1) is 5.92 Å². The highest BCUT2D eigenvalue weighted by Gasteiger charge is 2.23. The molecule has 86 valence electrons. The van der Waals surface area contributed by atoms with Crippen LogP contribution in [0.15, 0.2) is 24.3 Å². The molecule has 1 aliphatic rings. The number of amides is 1. The number of anilines is 1. The summed E-state index contributed by atoms with van der Waals surface area (Å²) in [7, 11) is 0. The molecule has 0 aromatic heterocycles. The SMILES string of the molecule is CC(C)CCC(=O)N1CCc2ccccc21. The van der Waals surface area contributed by atoms with Crippen LogP contribution in [0.3, 0.4) is 0 Å². The molecule has 0 saturated heterocycles. The van der Waals surface area contributed by atoms with Gasteiger partial charge in [-0.1, -0.05) is 32.0 Å². The van der Waals surface area contributed by atoms with Gasteiger partial charge in [0.2, 0.25) is 5.91 Å². The van der Waals surface area contributed by atoms with E-state index in [-0.39, 0.29) is 5.91 Å². The fourth-order valence-electron chi connectivity index (χ4n) is 2.14. The number of hydrogen-bond acceptors (Lipinski definition) is 1. The van der Waals surface area contributed by atoms with Crippen molar-refractivity contribution in [1.82, 2.24) is 0 Å². The zero-order valence-corrected chi connectivity index (χ0v) is 10.1. The molecule has 1 aromatic carbocycles. The number of carbonyl (C=O) groups is 1. The van der Waals surface area contributed by atoms with Crippen molar-refractivity contribution in [2.24, 2.45) is 5.92 Å². The van der Waals surface area contributed by atoms with Gasteiger partial charge in [-0.25, -0.2) is 0 Å². The Hall–Kier alpha value is -1.31. The van der Waals surface area contributed by atoms with Crippen LogP contribution in [-0.2, 0) is 11.2 Å². The Bertz CT molecular complexity index is 384. The first-order valence-corrected chi connectivity index (χ1v) is 6.06. The minimum Gasteiger partial charge on any atom is -0.312 e. The molecule has 0 N–H and O–H groups in total. The van der Waals surface area contributed by atoms with Crippen LogP contribution in [0.2, 0.25) is 0 Å². The quantitative estimate of drug-likeness (QED) is 0.762. The van der Waals surface area contributed by atoms with Crippen molar-refractivity contribution >= 4 is 11.6 Å². The van der Waals surface area contributed by atoms with Crippen molar-refractivity contribution in [3.05, 3.63) is 29.8 Å². The van der Waals surface area contributed by atoms with Gasteiger partial charge in [0.25, 0.3) is 0 Å². The number of para-hydroxylation sites is 1. The van der Waals surface area contributed by atoms with Crippen LogP contribution >= 0.6 is 0 Å². The van der Waals surface area contributed by atoms with E-state index in [9.17, 15) is 4.79 Å². The van der Waals surface area contributed by atoms with E-state index in [1.54, 1.807) is 0 Å². The number of rotatable bonds is 3. The van der Waals surface area contributed by atoms with Crippen molar-refractivity contribution in [1.29, 1.82) is 0 Å². The lowest BCUT2D eigenvalue weighted by molar-refractivity contribution is -0.118. The second-order valence-electron chi connectivity index (χ2n) is 4.86. The molecular weight excluding hydrogens is 198 g/mol. The van der Waals surface area contributed by atoms with E-state index in [0.29, 0.717) is 12.3 Å². The van der Waals surface area contributed by atoms with Crippen LogP contribution in [0.4, 0.5) is 5.69 Å². The number of hydrogen-bond donors (Lipinski definition) is 0. The number of fused-ring (bicyclic) bond motifs is 1. The summed E-state index contributed by atoms with van der Waals surface area (Å²) in [5.41, 5.74) is 2.43. The van der Waals surface area contributed by atoms with Gasteiger partial charge in [-0.2, -0.15) is 0 Å². The van der Waals surface area contributed by atoms with Gasteiger partial charge in [-0.3, -0.25) is 4.79 Å². The molecule has 16 heavy (non-hydrogen) atoms. The Morgan fingerprint density at radius 3 is 2.88 bits per heavy atom. The van der Waals surface area contributed by atoms with E-state index < -0.39 is 0 Å². The van der Waals surface area contributed by atoms with Crippen molar-refractivity contribution < 1.29 is 4.79 Å². The molecule has 2 nitrogen and oxygen atoms in total. The molecule has 0 saturated carbocycles. The lowest BCUT2D eigenvalue weighted by Gasteiger charge is -2.17. The summed E-state index contributed by atoms with van der Waals surface area (Å²) < 4.78 is 0. The maximum absolute atomic E-state index is 12.0. The Morgan fingerprint density at radius 1 is 1.38 bits per heavy atom. The van der Waals surface area contributed by atoms with Gasteiger partial charge in [0, 0.05) is 18.7 Å². The second-order valence-corrected chi connectivity index (χ2v) is 4.86. The second kappa shape index (κ2) is 4.69. The molecule has 0 bridgehead atoms. The fourth-order valence-corrected chi connectivity index (χ4v) is 2.14. The van der Waals surface area contributed by atoms with Gasteiger partial charge in [0.1, 0.15) is 0 Å². The minimum atomic E-state index is 0.277. The summed E-state index contributed by atoms with van der Waals surface area (Å²) >= 11 is 0. The smallest absolute Gasteiger partial charge is 0.227 e. The van der Waals surface area contributed by atoms with E-state index in [1.165, 1.54) is 5.56 Å². The lowest BCUT2D eigenvalue weighted by Crippen LogP contribution is -2.28. The third-order valence-corrected chi connectivity index (χ3v) is 3.12. The highest BCUT2D eigenvalue weighted by molar-refractivity contribution is 5.95. The van der Waals surface area contributed by atoms with E-state index >= 15 is 0 Å². The highest BCUT2D eigenvalue weighted by Crippen LogP contribution is 2.28. The van der Waals surface area contributed by atoms with E-state index in [0.717, 1.165) is 25.1 Å². The standard InChI is InChI=1S/C14H19NO/c1-11(2)7-8-14(16)15-10-9-12-5-3-4-6-13(12)15/h3-6,11H,7-10H2,1-2H3. The number of nitrogens with zero attached hydrogens (tertiary/aromatic N) is 1. The normalized spacial score (nSPS) is 14.3. The van der Waals surface area contributed by atoms with Gasteiger partial charge in [0.05, 0.1) is 0 Å². The zero-order chi connectivity index (χ0) is 11.5. The molecule has 0 radical (unpaired) electrons. The molecule has 1 aliphatic heterocycles. The molecule has 2 rings (SSSR count). The Morgan fingerprint density at radius 2 is 2.12 bits per heavy atom. The van der Waals surface area contributed by atoms with Gasteiger partial charge < -0.3 is 4.90 Å². The van der Waals surface area contributed by atoms with Crippen LogP contribution in [0.5, 0.6) is 0 Å². The first kappa shape index (κ1) is 11.2. The maximum atomic E-state index is 12.0. The van der Waals surface area contributed by atoms with Gasteiger partial charge in [0.15, 0.2) is 0 Å². The predicted octanol–water partition coefficient (Wildman–Crippen LogP) is 3.01. The van der Waals surface area contributed by atoms with Crippen LogP contribution in [0.25, 0.3) is 0 Å². The molecule has 1 aromatic rings. The largest absolute Gasteiger partial charge is 0.312 e. The van der Waals surface area contributed by atoms with Crippen molar-refractivity contribution in [3.8, 4) is 0 Å². The van der Waals surface area contributed by atoms with Crippen LogP contribution in [0.1, 0.15) is 32.3 Å². The van der Waals surface area contributed by atoms with E-state index in [1.807, 2.05) is 17.0 Å². The Labute approximate surface area is 97.3 Å². The van der Waals surface area contributed by atoms with Gasteiger partial charge in [-0.05, 0) is 30.4 Å². The highest BCUT2D eigenvalue weighted by atomic mass is 16.2. The lowest BCUT2D eigenvalue weighted by atomic mass is 10.1. The number of carbonyl (C=O) groups excluding carboxylic acids is 1. The number of benzene rings is 1. The average molecular weight is 217 g/mol. The molecule has 2 heteroatoms. The Balaban J connectivity index is 2.04. The molecule has 1 heterocycles. The Kier molecular flexibility index (Phi) is 3.28. The summed E-state index contributed by atoms with van der Waals surface area (Å²) in [6.45, 7) is 5.17. The third kappa shape index (κ3) is 2.26. The van der Waals surface area contributed by atoms with Gasteiger partial charge in [-0.15, -0.1) is 0 Å². The molecule has 0 spiro atoms. The summed E-state index contributed by atoms with van der Waals surface area (Å²) in [6, 6.07) is 8.22. The predicted molar refractivity (Wildman–Crippen MR) is 66.6 cm³/mol. The van der Waals surface area contributed by atoms with Crippen molar-refractivity contribution in [2.75, 3.05) is 11.4 Å². The molecular formula is C14H19NO. The molecule has 0 atom stereocenters. The zero-order valence-electron chi connectivity index (χ0n) is 10.1. The summed E-state index contributed by atoms with van der Waals surface area (Å²) in [6.07, 6.45) is 2.66. The van der Waals surface area contributed by atoms with Crippen molar-refractivity contribution in [3.63, 3.8) is 0 Å². The molecule has 0 fully saturated rings.